The van der Waals surface area contributed by atoms with Crippen LogP contribution in [0.4, 0.5) is 0 Å². The van der Waals surface area contributed by atoms with E-state index in [4.69, 9.17) is 11.6 Å². The number of amides is 1. The van der Waals surface area contributed by atoms with Gasteiger partial charge in [0.2, 0.25) is 5.91 Å². The summed E-state index contributed by atoms with van der Waals surface area (Å²) in [7, 11) is 0. The zero-order valence-corrected chi connectivity index (χ0v) is 17.9. The molecule has 7 heteroatoms. The number of halogens is 1. The van der Waals surface area contributed by atoms with E-state index < -0.39 is 0 Å². The van der Waals surface area contributed by atoms with Gasteiger partial charge in [0, 0.05) is 29.7 Å². The van der Waals surface area contributed by atoms with Crippen LogP contribution in [0.1, 0.15) is 39.0 Å². The van der Waals surface area contributed by atoms with Crippen LogP contribution < -0.4 is 0 Å². The Hall–Kier alpha value is -1.79. The highest BCUT2D eigenvalue weighted by molar-refractivity contribution is 7.99. The number of benzene rings is 1. The molecule has 1 fully saturated rings. The van der Waals surface area contributed by atoms with E-state index >= 15 is 0 Å². The highest BCUT2D eigenvalue weighted by Crippen LogP contribution is 2.27. The van der Waals surface area contributed by atoms with E-state index in [2.05, 4.69) is 23.7 Å². The van der Waals surface area contributed by atoms with Gasteiger partial charge in [0.05, 0.1) is 5.75 Å². The van der Waals surface area contributed by atoms with Gasteiger partial charge in [-0.15, -0.1) is 16.8 Å². The molecule has 0 spiro atoms. The molecule has 1 aliphatic carbocycles. The molecule has 0 saturated heterocycles. The van der Waals surface area contributed by atoms with Gasteiger partial charge in [-0.1, -0.05) is 48.7 Å². The van der Waals surface area contributed by atoms with Crippen LogP contribution in [0.3, 0.4) is 0 Å². The average Bonchev–Trinajstić information content (AvgIpc) is 3.11. The van der Waals surface area contributed by atoms with Gasteiger partial charge in [-0.05, 0) is 44.0 Å². The first-order chi connectivity index (χ1) is 13.6. The first kappa shape index (κ1) is 20.9. The van der Waals surface area contributed by atoms with Gasteiger partial charge in [0.15, 0.2) is 11.0 Å². The summed E-state index contributed by atoms with van der Waals surface area (Å²) in [5, 5.41) is 10.1. The van der Waals surface area contributed by atoms with E-state index in [9.17, 15) is 4.79 Å². The van der Waals surface area contributed by atoms with Crippen molar-refractivity contribution in [2.75, 3.05) is 12.3 Å². The Labute approximate surface area is 176 Å². The van der Waals surface area contributed by atoms with E-state index in [0.717, 1.165) is 35.9 Å². The largest absolute Gasteiger partial charge is 0.339 e. The highest BCUT2D eigenvalue weighted by Gasteiger charge is 2.24. The van der Waals surface area contributed by atoms with E-state index in [1.165, 1.54) is 31.0 Å². The minimum absolute atomic E-state index is 0.181. The number of carbonyl (C=O) groups excluding carboxylic acids is 1. The molecule has 150 valence electrons. The smallest absolute Gasteiger partial charge is 0.233 e. The Bertz CT molecular complexity index is 799. The number of hydrogen-bond acceptors (Lipinski definition) is 4. The molecule has 0 bridgehead atoms. The summed E-state index contributed by atoms with van der Waals surface area (Å²) in [6, 6.07) is 7.91. The van der Waals surface area contributed by atoms with E-state index in [-0.39, 0.29) is 5.91 Å². The van der Waals surface area contributed by atoms with Gasteiger partial charge in [-0.2, -0.15) is 0 Å². The fourth-order valence-corrected chi connectivity index (χ4v) is 4.70. The third kappa shape index (κ3) is 4.97. The van der Waals surface area contributed by atoms with Gasteiger partial charge >= 0.3 is 0 Å². The van der Waals surface area contributed by atoms with Crippen LogP contribution in [0.15, 0.2) is 42.1 Å². The molecule has 0 unspecified atom stereocenters. The third-order valence-electron chi connectivity index (χ3n) is 5.13. The molecule has 1 aromatic heterocycles. The molecule has 0 N–H and O–H groups in total. The summed E-state index contributed by atoms with van der Waals surface area (Å²) in [5.41, 5.74) is 0.939. The number of aromatic nitrogens is 3. The van der Waals surface area contributed by atoms with Crippen LogP contribution in [0, 0.1) is 0 Å². The quantitative estimate of drug-likeness (QED) is 0.444. The Morgan fingerprint density at radius 1 is 1.29 bits per heavy atom. The molecule has 28 heavy (non-hydrogen) atoms. The lowest BCUT2D eigenvalue weighted by atomic mass is 9.94. The summed E-state index contributed by atoms with van der Waals surface area (Å²) in [5.74, 6) is 1.31. The summed E-state index contributed by atoms with van der Waals surface area (Å²) < 4.78 is 1.99. The Balaban J connectivity index is 1.72. The Morgan fingerprint density at radius 3 is 2.64 bits per heavy atom. The molecule has 1 amide bonds. The average molecular weight is 419 g/mol. The first-order valence-electron chi connectivity index (χ1n) is 9.86. The minimum Gasteiger partial charge on any atom is -0.339 e. The maximum absolute atomic E-state index is 12.8. The molecule has 2 aromatic rings. The monoisotopic (exact) mass is 418 g/mol. The molecule has 3 rings (SSSR count). The normalized spacial score (nSPS) is 14.8. The number of hydrogen-bond donors (Lipinski definition) is 0. The van der Waals surface area contributed by atoms with Crippen molar-refractivity contribution in [3.63, 3.8) is 0 Å². The van der Waals surface area contributed by atoms with Crippen molar-refractivity contribution in [3.8, 4) is 11.4 Å². The SMILES string of the molecule is C=CCn1c(SCC(=O)N(CC)C2CCCCC2)nnc1-c1ccc(Cl)cc1. The second kappa shape index (κ2) is 10.1. The summed E-state index contributed by atoms with van der Waals surface area (Å²) in [4.78, 5) is 14.9. The molecule has 1 heterocycles. The van der Waals surface area contributed by atoms with Crippen LogP contribution in [-0.2, 0) is 11.3 Å². The van der Waals surface area contributed by atoms with Crippen LogP contribution >= 0.6 is 23.4 Å². The maximum Gasteiger partial charge on any atom is 0.233 e. The standard InChI is InChI=1S/C21H27ClN4OS/c1-3-14-26-20(16-10-12-17(22)13-11-16)23-24-21(26)28-15-19(27)25(4-2)18-8-6-5-7-9-18/h3,10-13,18H,1,4-9,14-15H2,2H3. The van der Waals surface area contributed by atoms with Gasteiger partial charge in [0.25, 0.3) is 0 Å². The van der Waals surface area contributed by atoms with Crippen molar-refractivity contribution < 1.29 is 4.79 Å². The zero-order valence-electron chi connectivity index (χ0n) is 16.3. The topological polar surface area (TPSA) is 51.0 Å². The highest BCUT2D eigenvalue weighted by atomic mass is 35.5. The molecule has 1 saturated carbocycles. The second-order valence-electron chi connectivity index (χ2n) is 6.97. The van der Waals surface area contributed by atoms with Crippen molar-refractivity contribution >= 4 is 29.3 Å². The van der Waals surface area contributed by atoms with Crippen LogP contribution in [0.2, 0.25) is 5.02 Å². The third-order valence-corrected chi connectivity index (χ3v) is 6.34. The van der Waals surface area contributed by atoms with Crippen LogP contribution in [0.25, 0.3) is 11.4 Å². The van der Waals surface area contributed by atoms with Crippen molar-refractivity contribution in [2.45, 2.75) is 56.8 Å². The predicted octanol–water partition coefficient (Wildman–Crippen LogP) is 5.06. The van der Waals surface area contributed by atoms with Crippen molar-refractivity contribution in [1.82, 2.24) is 19.7 Å². The van der Waals surface area contributed by atoms with E-state index in [1.54, 1.807) is 0 Å². The molecule has 0 atom stereocenters. The number of rotatable bonds is 8. The fraction of sp³-hybridized carbons (Fsp3) is 0.476. The van der Waals surface area contributed by atoms with E-state index in [1.807, 2.05) is 39.8 Å². The van der Waals surface area contributed by atoms with Crippen molar-refractivity contribution in [2.24, 2.45) is 0 Å². The summed E-state index contributed by atoms with van der Waals surface area (Å²) in [6.45, 7) is 7.26. The Kier molecular flexibility index (Phi) is 7.57. The minimum atomic E-state index is 0.181. The number of allylic oxidation sites excluding steroid dienone is 1. The lowest BCUT2D eigenvalue weighted by molar-refractivity contribution is -0.131. The van der Waals surface area contributed by atoms with Gasteiger partial charge in [-0.3, -0.25) is 9.36 Å². The van der Waals surface area contributed by atoms with E-state index in [0.29, 0.717) is 23.4 Å². The molecular weight excluding hydrogens is 392 g/mol. The zero-order chi connectivity index (χ0) is 19.9. The molecule has 0 radical (unpaired) electrons. The van der Waals surface area contributed by atoms with Gasteiger partial charge < -0.3 is 4.90 Å². The molecular formula is C21H27ClN4OS. The molecule has 1 aliphatic rings. The number of thioether (sulfide) groups is 1. The predicted molar refractivity (Wildman–Crippen MR) is 116 cm³/mol. The fourth-order valence-electron chi connectivity index (χ4n) is 3.74. The Morgan fingerprint density at radius 2 is 2.00 bits per heavy atom. The molecule has 5 nitrogen and oxygen atoms in total. The summed E-state index contributed by atoms with van der Waals surface area (Å²) >= 11 is 7.44. The lowest BCUT2D eigenvalue weighted by Gasteiger charge is -2.33. The number of carbonyl (C=O) groups is 1. The van der Waals surface area contributed by atoms with Gasteiger partial charge in [-0.25, -0.2) is 0 Å². The summed E-state index contributed by atoms with van der Waals surface area (Å²) in [6.07, 6.45) is 7.79. The van der Waals surface area contributed by atoms with Crippen molar-refractivity contribution in [3.05, 3.63) is 41.9 Å². The van der Waals surface area contributed by atoms with Crippen LogP contribution in [-0.4, -0.2) is 43.9 Å². The number of nitrogens with zero attached hydrogens (tertiary/aromatic N) is 4. The van der Waals surface area contributed by atoms with Crippen molar-refractivity contribution in [1.29, 1.82) is 0 Å². The molecule has 0 aliphatic heterocycles. The van der Waals surface area contributed by atoms with Crippen LogP contribution in [0.5, 0.6) is 0 Å². The first-order valence-corrected chi connectivity index (χ1v) is 11.2. The molecule has 1 aromatic carbocycles. The lowest BCUT2D eigenvalue weighted by Crippen LogP contribution is -2.42. The van der Waals surface area contributed by atoms with Gasteiger partial charge in [0.1, 0.15) is 0 Å². The maximum atomic E-state index is 12.8. The second-order valence-corrected chi connectivity index (χ2v) is 8.35.